The minimum Gasteiger partial charge on any atom is -0.497 e. The highest BCUT2D eigenvalue weighted by molar-refractivity contribution is 5.95. The van der Waals surface area contributed by atoms with E-state index in [-0.39, 0.29) is 18.0 Å². The summed E-state index contributed by atoms with van der Waals surface area (Å²) >= 11 is 0. The van der Waals surface area contributed by atoms with Gasteiger partial charge in [0.2, 0.25) is 0 Å². The summed E-state index contributed by atoms with van der Waals surface area (Å²) in [6.07, 6.45) is 0. The smallest absolute Gasteiger partial charge is 0.282 e. The molecule has 5 heteroatoms. The Kier molecular flexibility index (Phi) is 7.09. The minimum absolute atomic E-state index is 0.0886. The zero-order valence-electron chi connectivity index (χ0n) is 17.9. The zero-order valence-corrected chi connectivity index (χ0v) is 17.9. The number of anilines is 1. The molecule has 3 rings (SSSR count). The van der Waals surface area contributed by atoms with Gasteiger partial charge >= 0.3 is 0 Å². The standard InChI is InChI=1S/C25H28N2O3/c1-17(19-10-12-21(13-11-19)20-8-6-5-7-9-20)26-18(2)25(28)27-23-16-22(29-3)14-15-24(23)30-4/h5-18,26H,1-4H3,(H,27,28)/p+1/t17-,18-/m1/s1. The van der Waals surface area contributed by atoms with E-state index < -0.39 is 0 Å². The van der Waals surface area contributed by atoms with Crippen LogP contribution in [0.5, 0.6) is 11.5 Å². The number of amides is 1. The van der Waals surface area contributed by atoms with Crippen LogP contribution in [-0.2, 0) is 4.79 Å². The maximum Gasteiger partial charge on any atom is 0.282 e. The van der Waals surface area contributed by atoms with Crippen molar-refractivity contribution in [1.29, 1.82) is 0 Å². The molecule has 0 unspecified atom stereocenters. The average molecular weight is 406 g/mol. The molecule has 0 aliphatic heterocycles. The number of hydrogen-bond donors (Lipinski definition) is 2. The third kappa shape index (κ3) is 5.19. The molecule has 0 saturated carbocycles. The Balaban J connectivity index is 1.64. The van der Waals surface area contributed by atoms with E-state index in [1.807, 2.05) is 25.1 Å². The number of carbonyl (C=O) groups excluding carboxylic acids is 1. The van der Waals surface area contributed by atoms with Crippen LogP contribution in [0.25, 0.3) is 11.1 Å². The first-order valence-electron chi connectivity index (χ1n) is 10.0. The number of carbonyl (C=O) groups is 1. The molecule has 2 atom stereocenters. The van der Waals surface area contributed by atoms with Crippen LogP contribution in [0, 0.1) is 0 Å². The van der Waals surface area contributed by atoms with Gasteiger partial charge in [0.15, 0.2) is 6.04 Å². The van der Waals surface area contributed by atoms with E-state index in [1.54, 1.807) is 32.4 Å². The Morgan fingerprint density at radius 3 is 2.17 bits per heavy atom. The molecular weight excluding hydrogens is 376 g/mol. The highest BCUT2D eigenvalue weighted by Crippen LogP contribution is 2.29. The molecule has 3 aromatic carbocycles. The van der Waals surface area contributed by atoms with Gasteiger partial charge in [-0.05, 0) is 37.1 Å². The van der Waals surface area contributed by atoms with Crippen LogP contribution in [0.2, 0.25) is 0 Å². The monoisotopic (exact) mass is 405 g/mol. The number of nitrogens with one attached hydrogen (secondary N) is 1. The van der Waals surface area contributed by atoms with E-state index in [0.29, 0.717) is 17.2 Å². The number of methoxy groups -OCH3 is 2. The molecule has 0 fully saturated rings. The highest BCUT2D eigenvalue weighted by atomic mass is 16.5. The van der Waals surface area contributed by atoms with Crippen LogP contribution in [0.4, 0.5) is 5.69 Å². The molecule has 0 bridgehead atoms. The summed E-state index contributed by atoms with van der Waals surface area (Å²) in [5.74, 6) is 1.17. The van der Waals surface area contributed by atoms with E-state index in [1.165, 1.54) is 16.7 Å². The van der Waals surface area contributed by atoms with Crippen molar-refractivity contribution in [1.82, 2.24) is 0 Å². The Morgan fingerprint density at radius 1 is 0.867 bits per heavy atom. The van der Waals surface area contributed by atoms with Crippen molar-refractivity contribution in [3.05, 3.63) is 78.4 Å². The van der Waals surface area contributed by atoms with Crippen molar-refractivity contribution < 1.29 is 19.6 Å². The van der Waals surface area contributed by atoms with Crippen LogP contribution in [0.3, 0.4) is 0 Å². The summed E-state index contributed by atoms with van der Waals surface area (Å²) in [6, 6.07) is 24.0. The average Bonchev–Trinajstić information content (AvgIpc) is 2.79. The first kappa shape index (κ1) is 21.4. The second-order valence-electron chi connectivity index (χ2n) is 7.31. The molecule has 0 aliphatic rings. The van der Waals surface area contributed by atoms with E-state index in [9.17, 15) is 4.79 Å². The lowest BCUT2D eigenvalue weighted by Gasteiger charge is -2.18. The van der Waals surface area contributed by atoms with Crippen molar-refractivity contribution in [3.8, 4) is 22.6 Å². The normalized spacial score (nSPS) is 12.7. The van der Waals surface area contributed by atoms with Crippen LogP contribution >= 0.6 is 0 Å². The maximum atomic E-state index is 12.7. The highest BCUT2D eigenvalue weighted by Gasteiger charge is 2.21. The summed E-state index contributed by atoms with van der Waals surface area (Å²) in [6.45, 7) is 4.00. The number of rotatable bonds is 8. The van der Waals surface area contributed by atoms with Crippen molar-refractivity contribution >= 4 is 11.6 Å². The first-order chi connectivity index (χ1) is 14.5. The van der Waals surface area contributed by atoms with Crippen molar-refractivity contribution in [2.24, 2.45) is 0 Å². The lowest BCUT2D eigenvalue weighted by molar-refractivity contribution is -0.709. The fourth-order valence-corrected chi connectivity index (χ4v) is 3.40. The number of hydrogen-bond acceptors (Lipinski definition) is 3. The molecule has 1 amide bonds. The van der Waals surface area contributed by atoms with Gasteiger partial charge in [-0.15, -0.1) is 0 Å². The topological polar surface area (TPSA) is 64.2 Å². The van der Waals surface area contributed by atoms with Gasteiger partial charge in [-0.1, -0.05) is 54.6 Å². The Bertz CT molecular complexity index is 971. The van der Waals surface area contributed by atoms with Gasteiger partial charge in [-0.3, -0.25) is 4.79 Å². The predicted octanol–water partition coefficient (Wildman–Crippen LogP) is 4.02. The first-order valence-corrected chi connectivity index (χ1v) is 10.0. The zero-order chi connectivity index (χ0) is 21.5. The predicted molar refractivity (Wildman–Crippen MR) is 120 cm³/mol. The SMILES string of the molecule is COc1ccc(OC)c(NC(=O)[C@@H](C)[NH2+][C@H](C)c2ccc(-c3ccccc3)cc2)c1. The largest absolute Gasteiger partial charge is 0.497 e. The van der Waals surface area contributed by atoms with Crippen molar-refractivity contribution in [2.75, 3.05) is 19.5 Å². The molecule has 156 valence electrons. The molecule has 0 heterocycles. The van der Waals surface area contributed by atoms with Crippen LogP contribution in [0.1, 0.15) is 25.5 Å². The van der Waals surface area contributed by atoms with Gasteiger partial charge in [0.25, 0.3) is 5.91 Å². The molecule has 0 aliphatic carbocycles. The van der Waals surface area contributed by atoms with Gasteiger partial charge in [0.05, 0.1) is 19.9 Å². The summed E-state index contributed by atoms with van der Waals surface area (Å²) in [4.78, 5) is 12.7. The molecule has 0 aromatic heterocycles. The summed E-state index contributed by atoms with van der Waals surface area (Å²) < 4.78 is 10.6. The van der Waals surface area contributed by atoms with Crippen LogP contribution in [-0.4, -0.2) is 26.2 Å². The number of quaternary nitrogens is 1. The molecule has 3 N–H and O–H groups in total. The van der Waals surface area contributed by atoms with E-state index in [0.717, 1.165) is 0 Å². The van der Waals surface area contributed by atoms with Gasteiger partial charge in [0, 0.05) is 11.6 Å². The van der Waals surface area contributed by atoms with Gasteiger partial charge < -0.3 is 20.1 Å². The number of nitrogens with two attached hydrogens (primary N) is 1. The molecule has 0 saturated heterocycles. The second-order valence-corrected chi connectivity index (χ2v) is 7.31. The summed E-state index contributed by atoms with van der Waals surface area (Å²) in [7, 11) is 3.17. The molecular formula is C25H29N2O3+. The summed E-state index contributed by atoms with van der Waals surface area (Å²) in [5.41, 5.74) is 4.15. The van der Waals surface area contributed by atoms with E-state index >= 15 is 0 Å². The van der Waals surface area contributed by atoms with Crippen LogP contribution in [0.15, 0.2) is 72.8 Å². The molecule has 0 radical (unpaired) electrons. The molecule has 30 heavy (non-hydrogen) atoms. The maximum absolute atomic E-state index is 12.7. The van der Waals surface area contributed by atoms with E-state index in [2.05, 4.69) is 54.0 Å². The van der Waals surface area contributed by atoms with Crippen molar-refractivity contribution in [2.45, 2.75) is 25.9 Å². The van der Waals surface area contributed by atoms with Crippen LogP contribution < -0.4 is 20.1 Å². The molecule has 0 spiro atoms. The van der Waals surface area contributed by atoms with Gasteiger partial charge in [-0.2, -0.15) is 0 Å². The lowest BCUT2D eigenvalue weighted by atomic mass is 10.0. The fraction of sp³-hybridized carbons (Fsp3) is 0.240. The third-order valence-electron chi connectivity index (χ3n) is 5.20. The quantitative estimate of drug-likeness (QED) is 0.595. The lowest BCUT2D eigenvalue weighted by Crippen LogP contribution is -2.91. The Hall–Kier alpha value is -3.31. The Labute approximate surface area is 178 Å². The minimum atomic E-state index is -0.273. The van der Waals surface area contributed by atoms with Gasteiger partial charge in [0.1, 0.15) is 17.5 Å². The fourth-order valence-electron chi connectivity index (χ4n) is 3.40. The molecule has 5 nitrogen and oxygen atoms in total. The summed E-state index contributed by atoms with van der Waals surface area (Å²) in [5, 5.41) is 5.00. The Morgan fingerprint density at radius 2 is 1.53 bits per heavy atom. The second kappa shape index (κ2) is 9.94. The molecule has 3 aromatic rings. The van der Waals surface area contributed by atoms with Gasteiger partial charge in [-0.25, -0.2) is 0 Å². The third-order valence-corrected chi connectivity index (χ3v) is 5.20. The number of ether oxygens (including phenoxy) is 2. The number of benzene rings is 3. The van der Waals surface area contributed by atoms with Crippen molar-refractivity contribution in [3.63, 3.8) is 0 Å². The van der Waals surface area contributed by atoms with E-state index in [4.69, 9.17) is 9.47 Å².